The molecule has 0 saturated carbocycles. The van der Waals surface area contributed by atoms with E-state index in [0.717, 1.165) is 12.0 Å². The predicted octanol–water partition coefficient (Wildman–Crippen LogP) is 2.80. The van der Waals surface area contributed by atoms with Gasteiger partial charge in [-0.1, -0.05) is 19.4 Å². The van der Waals surface area contributed by atoms with Crippen LogP contribution in [0.4, 0.5) is 0 Å². The molecule has 0 heterocycles. The van der Waals surface area contributed by atoms with E-state index in [1.807, 2.05) is 13.0 Å². The zero-order valence-electron chi connectivity index (χ0n) is 6.81. The van der Waals surface area contributed by atoms with E-state index in [9.17, 15) is 5.11 Å². The first-order valence-electron chi connectivity index (χ1n) is 3.70. The molecule has 1 rings (SSSR count). The maximum Gasteiger partial charge on any atom is 0.114 e. The minimum absolute atomic E-state index is 0.476. The minimum Gasteiger partial charge on any atom is -0.508 e. The highest BCUT2D eigenvalue weighted by Gasteiger charge is 2.13. The van der Waals surface area contributed by atoms with Gasteiger partial charge in [0.2, 0.25) is 0 Å². The summed E-state index contributed by atoms with van der Waals surface area (Å²) in [6, 6.07) is 0. The highest BCUT2D eigenvalue weighted by molar-refractivity contribution is 5.34. The van der Waals surface area contributed by atoms with Gasteiger partial charge >= 0.3 is 0 Å². The van der Waals surface area contributed by atoms with Crippen LogP contribution in [0.5, 0.6) is 0 Å². The standard InChI is InChI=1S/C9H14O/c1-6(2)8-4-7(3)9(10)5-8/h5-6,10H,4H2,1-3H3. The van der Waals surface area contributed by atoms with Crippen molar-refractivity contribution in [3.8, 4) is 0 Å². The Morgan fingerprint density at radius 1 is 1.50 bits per heavy atom. The van der Waals surface area contributed by atoms with Crippen molar-refractivity contribution in [3.05, 3.63) is 23.0 Å². The normalized spacial score (nSPS) is 18.6. The van der Waals surface area contributed by atoms with Crippen LogP contribution in [-0.2, 0) is 0 Å². The Kier molecular flexibility index (Phi) is 1.84. The van der Waals surface area contributed by atoms with Crippen molar-refractivity contribution >= 4 is 0 Å². The van der Waals surface area contributed by atoms with Crippen LogP contribution in [0.3, 0.4) is 0 Å². The van der Waals surface area contributed by atoms with Gasteiger partial charge in [-0.05, 0) is 30.9 Å². The number of hydrogen-bond acceptors (Lipinski definition) is 1. The van der Waals surface area contributed by atoms with Gasteiger partial charge in [0.05, 0.1) is 0 Å². The van der Waals surface area contributed by atoms with Crippen LogP contribution in [0.2, 0.25) is 0 Å². The van der Waals surface area contributed by atoms with Crippen LogP contribution in [0.15, 0.2) is 23.0 Å². The molecule has 1 aliphatic rings. The van der Waals surface area contributed by atoms with E-state index in [1.54, 1.807) is 0 Å². The SMILES string of the molecule is CC1=C(O)C=C(C(C)C)C1. The zero-order chi connectivity index (χ0) is 7.72. The summed E-state index contributed by atoms with van der Waals surface area (Å²) in [5.74, 6) is 1.04. The molecule has 56 valence electrons. The molecule has 0 saturated heterocycles. The molecule has 0 spiro atoms. The van der Waals surface area contributed by atoms with Crippen LogP contribution in [-0.4, -0.2) is 5.11 Å². The Balaban J connectivity index is 2.70. The number of allylic oxidation sites excluding steroid dienone is 3. The zero-order valence-corrected chi connectivity index (χ0v) is 6.81. The lowest BCUT2D eigenvalue weighted by molar-refractivity contribution is 0.428. The van der Waals surface area contributed by atoms with Crippen molar-refractivity contribution in [2.75, 3.05) is 0 Å². The molecule has 0 bridgehead atoms. The summed E-state index contributed by atoms with van der Waals surface area (Å²) >= 11 is 0. The molecule has 0 aromatic carbocycles. The van der Waals surface area contributed by atoms with Gasteiger partial charge in [0, 0.05) is 0 Å². The number of aliphatic hydroxyl groups is 1. The lowest BCUT2D eigenvalue weighted by Gasteiger charge is -2.04. The molecule has 1 aliphatic carbocycles. The third kappa shape index (κ3) is 1.23. The van der Waals surface area contributed by atoms with Gasteiger partial charge < -0.3 is 5.11 Å². The lowest BCUT2D eigenvalue weighted by Crippen LogP contribution is -1.90. The van der Waals surface area contributed by atoms with Gasteiger partial charge in [0.1, 0.15) is 5.76 Å². The van der Waals surface area contributed by atoms with Gasteiger partial charge in [-0.15, -0.1) is 0 Å². The molecule has 10 heavy (non-hydrogen) atoms. The first-order valence-corrected chi connectivity index (χ1v) is 3.70. The molecule has 0 unspecified atom stereocenters. The van der Waals surface area contributed by atoms with Gasteiger partial charge in [-0.2, -0.15) is 0 Å². The molecule has 1 heteroatoms. The molecular weight excluding hydrogens is 124 g/mol. The van der Waals surface area contributed by atoms with Crippen LogP contribution >= 0.6 is 0 Å². The fourth-order valence-electron chi connectivity index (χ4n) is 1.12. The van der Waals surface area contributed by atoms with Crippen LogP contribution in [0.25, 0.3) is 0 Å². The molecule has 0 aliphatic heterocycles. The van der Waals surface area contributed by atoms with E-state index in [-0.39, 0.29) is 0 Å². The molecule has 0 fully saturated rings. The molecule has 0 radical (unpaired) electrons. The van der Waals surface area contributed by atoms with E-state index in [4.69, 9.17) is 0 Å². The Morgan fingerprint density at radius 3 is 2.30 bits per heavy atom. The van der Waals surface area contributed by atoms with E-state index < -0.39 is 0 Å². The summed E-state index contributed by atoms with van der Waals surface area (Å²) in [7, 11) is 0. The van der Waals surface area contributed by atoms with Gasteiger partial charge in [-0.3, -0.25) is 0 Å². The molecule has 0 amide bonds. The summed E-state index contributed by atoms with van der Waals surface area (Å²) < 4.78 is 0. The van der Waals surface area contributed by atoms with Crippen molar-refractivity contribution in [1.82, 2.24) is 0 Å². The van der Waals surface area contributed by atoms with E-state index >= 15 is 0 Å². The molecule has 0 aromatic rings. The van der Waals surface area contributed by atoms with Crippen molar-refractivity contribution in [2.24, 2.45) is 5.92 Å². The second-order valence-electron chi connectivity index (χ2n) is 3.22. The topological polar surface area (TPSA) is 20.2 Å². The number of hydrogen-bond donors (Lipinski definition) is 1. The fraction of sp³-hybridized carbons (Fsp3) is 0.556. The Bertz CT molecular complexity index is 197. The van der Waals surface area contributed by atoms with Crippen molar-refractivity contribution in [2.45, 2.75) is 27.2 Å². The van der Waals surface area contributed by atoms with Crippen LogP contribution < -0.4 is 0 Å². The van der Waals surface area contributed by atoms with Gasteiger partial charge in [0.25, 0.3) is 0 Å². The van der Waals surface area contributed by atoms with Gasteiger partial charge in [-0.25, -0.2) is 0 Å². The Labute approximate surface area is 62.1 Å². The summed E-state index contributed by atoms with van der Waals surface area (Å²) in [6.07, 6.45) is 2.85. The molecule has 1 N–H and O–H groups in total. The van der Waals surface area contributed by atoms with E-state index in [2.05, 4.69) is 13.8 Å². The van der Waals surface area contributed by atoms with Crippen molar-refractivity contribution in [3.63, 3.8) is 0 Å². The first-order chi connectivity index (χ1) is 4.61. The quantitative estimate of drug-likeness (QED) is 0.590. The highest BCUT2D eigenvalue weighted by atomic mass is 16.3. The maximum atomic E-state index is 9.22. The minimum atomic E-state index is 0.476. The lowest BCUT2D eigenvalue weighted by atomic mass is 10.0. The highest BCUT2D eigenvalue weighted by Crippen LogP contribution is 2.27. The molecule has 0 aromatic heterocycles. The predicted molar refractivity (Wildman–Crippen MR) is 42.9 cm³/mol. The fourth-order valence-corrected chi connectivity index (χ4v) is 1.12. The summed E-state index contributed by atoms with van der Waals surface area (Å²) in [4.78, 5) is 0. The average molecular weight is 138 g/mol. The number of aliphatic hydroxyl groups excluding tert-OH is 1. The molecule has 1 nitrogen and oxygen atoms in total. The molecule has 0 atom stereocenters. The van der Waals surface area contributed by atoms with Crippen LogP contribution in [0.1, 0.15) is 27.2 Å². The van der Waals surface area contributed by atoms with Crippen molar-refractivity contribution < 1.29 is 5.11 Å². The second kappa shape index (κ2) is 2.49. The third-order valence-corrected chi connectivity index (χ3v) is 1.97. The van der Waals surface area contributed by atoms with E-state index in [1.165, 1.54) is 5.57 Å². The summed E-state index contributed by atoms with van der Waals surface area (Å²) in [5.41, 5.74) is 2.44. The number of rotatable bonds is 1. The maximum absolute atomic E-state index is 9.22. The van der Waals surface area contributed by atoms with Gasteiger partial charge in [0.15, 0.2) is 0 Å². The van der Waals surface area contributed by atoms with Crippen molar-refractivity contribution in [1.29, 1.82) is 0 Å². The smallest absolute Gasteiger partial charge is 0.114 e. The van der Waals surface area contributed by atoms with E-state index in [0.29, 0.717) is 11.7 Å². The largest absolute Gasteiger partial charge is 0.508 e. The first kappa shape index (κ1) is 7.39. The average Bonchev–Trinajstić information content (AvgIpc) is 2.13. The molecular formula is C9H14O. The summed E-state index contributed by atoms with van der Waals surface area (Å²) in [6.45, 7) is 6.27. The Morgan fingerprint density at radius 2 is 2.10 bits per heavy atom. The summed E-state index contributed by atoms with van der Waals surface area (Å²) in [5, 5.41) is 9.22. The third-order valence-electron chi connectivity index (χ3n) is 1.97. The van der Waals surface area contributed by atoms with Crippen LogP contribution in [0, 0.1) is 5.92 Å². The monoisotopic (exact) mass is 138 g/mol. The second-order valence-corrected chi connectivity index (χ2v) is 3.22. The Hall–Kier alpha value is -0.720.